The van der Waals surface area contributed by atoms with Gasteiger partial charge in [-0.25, -0.2) is 0 Å². The summed E-state index contributed by atoms with van der Waals surface area (Å²) in [5.74, 6) is 0.975. The van der Waals surface area contributed by atoms with Crippen LogP contribution in [0.3, 0.4) is 0 Å². The van der Waals surface area contributed by atoms with Crippen molar-refractivity contribution in [1.82, 2.24) is 0 Å². The first kappa shape index (κ1) is 18.6. The van der Waals surface area contributed by atoms with Crippen LogP contribution in [0.15, 0.2) is 95.4 Å². The number of nitro groups is 1. The van der Waals surface area contributed by atoms with E-state index < -0.39 is 4.92 Å². The number of furan rings is 1. The molecule has 0 spiro atoms. The highest BCUT2D eigenvalue weighted by Crippen LogP contribution is 2.42. The maximum absolute atomic E-state index is 13.3. The van der Waals surface area contributed by atoms with Gasteiger partial charge in [0.1, 0.15) is 11.5 Å². The Kier molecular flexibility index (Phi) is 4.45. The average molecular weight is 408 g/mol. The van der Waals surface area contributed by atoms with Crippen molar-refractivity contribution >= 4 is 34.6 Å². The molecule has 0 saturated heterocycles. The minimum absolute atomic E-state index is 0.0202. The van der Waals surface area contributed by atoms with Crippen molar-refractivity contribution in [3.05, 3.63) is 112 Å². The standard InChI is InChI=1S/C25H16N2O4/c28-25-22(21-8-4-5-9-23(21)26(25)18-6-2-1-3-7-18)16-20-14-15-24(31-20)17-10-12-19(13-11-17)27(29)30/h1-16H. The highest BCUT2D eigenvalue weighted by molar-refractivity contribution is 6.37. The molecule has 0 bridgehead atoms. The van der Waals surface area contributed by atoms with Crippen molar-refractivity contribution in [2.75, 3.05) is 4.90 Å². The van der Waals surface area contributed by atoms with Crippen LogP contribution in [0.25, 0.3) is 23.0 Å². The third-order valence-corrected chi connectivity index (χ3v) is 5.16. The van der Waals surface area contributed by atoms with Gasteiger partial charge in [0.2, 0.25) is 0 Å². The van der Waals surface area contributed by atoms with E-state index in [9.17, 15) is 14.9 Å². The molecule has 1 aliphatic heterocycles. The van der Waals surface area contributed by atoms with Gasteiger partial charge in [0.05, 0.1) is 16.2 Å². The molecule has 6 heteroatoms. The predicted octanol–water partition coefficient (Wildman–Crippen LogP) is 6.07. The van der Waals surface area contributed by atoms with Gasteiger partial charge in [-0.05, 0) is 48.5 Å². The van der Waals surface area contributed by atoms with E-state index in [0.29, 0.717) is 17.1 Å². The van der Waals surface area contributed by atoms with Crippen molar-refractivity contribution in [3.63, 3.8) is 0 Å². The van der Waals surface area contributed by atoms with E-state index in [1.54, 1.807) is 35.2 Å². The molecule has 2 heterocycles. The van der Waals surface area contributed by atoms with Gasteiger partial charge < -0.3 is 4.42 Å². The van der Waals surface area contributed by atoms with Crippen molar-refractivity contribution in [3.8, 4) is 11.3 Å². The van der Waals surface area contributed by atoms with Gasteiger partial charge in [0.15, 0.2) is 0 Å². The molecule has 1 aromatic heterocycles. The smallest absolute Gasteiger partial charge is 0.269 e. The van der Waals surface area contributed by atoms with Crippen LogP contribution in [-0.2, 0) is 4.79 Å². The Morgan fingerprint density at radius 2 is 1.55 bits per heavy atom. The van der Waals surface area contributed by atoms with Gasteiger partial charge in [0.25, 0.3) is 11.6 Å². The molecule has 31 heavy (non-hydrogen) atoms. The SMILES string of the molecule is O=C1C(=Cc2ccc(-c3ccc([N+](=O)[O-])cc3)o2)c2ccccc2N1c1ccccc1. The topological polar surface area (TPSA) is 76.6 Å². The molecule has 0 aliphatic carbocycles. The summed E-state index contributed by atoms with van der Waals surface area (Å²) in [5.41, 5.74) is 3.75. The fraction of sp³-hybridized carbons (Fsp3) is 0. The predicted molar refractivity (Wildman–Crippen MR) is 119 cm³/mol. The quantitative estimate of drug-likeness (QED) is 0.233. The fourth-order valence-electron chi connectivity index (χ4n) is 3.69. The van der Waals surface area contributed by atoms with E-state index in [-0.39, 0.29) is 11.6 Å². The molecule has 1 aliphatic rings. The molecule has 3 aromatic carbocycles. The lowest BCUT2D eigenvalue weighted by Crippen LogP contribution is -2.20. The average Bonchev–Trinajstić information content (AvgIpc) is 3.38. The second-order valence-electron chi connectivity index (χ2n) is 7.06. The summed E-state index contributed by atoms with van der Waals surface area (Å²) >= 11 is 0. The Labute approximate surface area is 177 Å². The summed E-state index contributed by atoms with van der Waals surface area (Å²) in [5, 5.41) is 10.8. The van der Waals surface area contributed by atoms with Gasteiger partial charge in [-0.15, -0.1) is 0 Å². The van der Waals surface area contributed by atoms with Crippen LogP contribution >= 0.6 is 0 Å². The zero-order valence-corrected chi connectivity index (χ0v) is 16.3. The lowest BCUT2D eigenvalue weighted by Gasteiger charge is -2.16. The largest absolute Gasteiger partial charge is 0.457 e. The summed E-state index contributed by atoms with van der Waals surface area (Å²) in [6.45, 7) is 0. The second kappa shape index (κ2) is 7.42. The van der Waals surface area contributed by atoms with Crippen LogP contribution in [-0.4, -0.2) is 10.8 Å². The Hall–Kier alpha value is -4.45. The van der Waals surface area contributed by atoms with E-state index in [1.165, 1.54) is 12.1 Å². The Balaban J connectivity index is 1.51. The second-order valence-corrected chi connectivity index (χ2v) is 7.06. The number of nitrogens with zero attached hydrogens (tertiary/aromatic N) is 2. The fourth-order valence-corrected chi connectivity index (χ4v) is 3.69. The molecule has 5 rings (SSSR count). The Bertz CT molecular complexity index is 1320. The van der Waals surface area contributed by atoms with Crippen LogP contribution in [0, 0.1) is 10.1 Å². The van der Waals surface area contributed by atoms with E-state index in [2.05, 4.69) is 0 Å². The summed E-state index contributed by atoms with van der Waals surface area (Å²) in [4.78, 5) is 25.4. The summed E-state index contributed by atoms with van der Waals surface area (Å²) in [6.07, 6.45) is 1.74. The van der Waals surface area contributed by atoms with Crippen molar-refractivity contribution in [2.45, 2.75) is 0 Å². The number of carbonyl (C=O) groups excluding carboxylic acids is 1. The normalized spacial score (nSPS) is 14.1. The highest BCUT2D eigenvalue weighted by atomic mass is 16.6. The zero-order chi connectivity index (χ0) is 21.4. The number of carbonyl (C=O) groups is 1. The molecule has 6 nitrogen and oxygen atoms in total. The minimum atomic E-state index is -0.441. The van der Waals surface area contributed by atoms with E-state index in [1.807, 2.05) is 54.6 Å². The zero-order valence-electron chi connectivity index (χ0n) is 16.3. The molecule has 1 amide bonds. The summed E-state index contributed by atoms with van der Waals surface area (Å²) < 4.78 is 5.92. The van der Waals surface area contributed by atoms with Gasteiger partial charge >= 0.3 is 0 Å². The number of benzene rings is 3. The number of hydrogen-bond donors (Lipinski definition) is 0. The lowest BCUT2D eigenvalue weighted by molar-refractivity contribution is -0.384. The van der Waals surface area contributed by atoms with E-state index in [4.69, 9.17) is 4.42 Å². The number of nitro benzene ring substituents is 1. The van der Waals surface area contributed by atoms with Crippen LogP contribution in [0.1, 0.15) is 11.3 Å². The molecular formula is C25H16N2O4. The molecule has 0 radical (unpaired) electrons. The van der Waals surface area contributed by atoms with Crippen LogP contribution < -0.4 is 4.90 Å². The van der Waals surface area contributed by atoms with Crippen LogP contribution in [0.5, 0.6) is 0 Å². The molecule has 0 N–H and O–H groups in total. The first-order valence-electron chi connectivity index (χ1n) is 9.67. The van der Waals surface area contributed by atoms with Crippen molar-refractivity contribution in [1.29, 1.82) is 0 Å². The number of fused-ring (bicyclic) bond motifs is 1. The third-order valence-electron chi connectivity index (χ3n) is 5.16. The number of para-hydroxylation sites is 2. The highest BCUT2D eigenvalue weighted by Gasteiger charge is 2.33. The molecule has 0 saturated carbocycles. The number of anilines is 2. The number of amides is 1. The minimum Gasteiger partial charge on any atom is -0.457 e. The maximum Gasteiger partial charge on any atom is 0.269 e. The van der Waals surface area contributed by atoms with E-state index in [0.717, 1.165) is 22.5 Å². The van der Waals surface area contributed by atoms with Crippen LogP contribution in [0.4, 0.5) is 17.1 Å². The molecule has 150 valence electrons. The van der Waals surface area contributed by atoms with Gasteiger partial charge in [0, 0.05) is 28.9 Å². The van der Waals surface area contributed by atoms with Gasteiger partial charge in [-0.1, -0.05) is 36.4 Å². The van der Waals surface area contributed by atoms with Crippen LogP contribution in [0.2, 0.25) is 0 Å². The number of hydrogen-bond acceptors (Lipinski definition) is 4. The first-order chi connectivity index (χ1) is 15.1. The van der Waals surface area contributed by atoms with Crippen molar-refractivity contribution < 1.29 is 14.1 Å². The number of rotatable bonds is 4. The lowest BCUT2D eigenvalue weighted by atomic mass is 10.1. The molecule has 0 fully saturated rings. The van der Waals surface area contributed by atoms with Gasteiger partial charge in [-0.2, -0.15) is 0 Å². The summed E-state index contributed by atoms with van der Waals surface area (Å²) in [6, 6.07) is 26.9. The molecule has 4 aromatic rings. The Morgan fingerprint density at radius 3 is 2.29 bits per heavy atom. The molecule has 0 unspecified atom stereocenters. The maximum atomic E-state index is 13.3. The van der Waals surface area contributed by atoms with E-state index >= 15 is 0 Å². The number of non-ortho nitro benzene ring substituents is 1. The van der Waals surface area contributed by atoms with Gasteiger partial charge in [-0.3, -0.25) is 19.8 Å². The summed E-state index contributed by atoms with van der Waals surface area (Å²) in [7, 11) is 0. The molecular weight excluding hydrogens is 392 g/mol. The van der Waals surface area contributed by atoms with Crippen molar-refractivity contribution in [2.24, 2.45) is 0 Å². The third kappa shape index (κ3) is 3.30. The molecule has 0 atom stereocenters. The Morgan fingerprint density at radius 1 is 0.839 bits per heavy atom. The monoisotopic (exact) mass is 408 g/mol. The first-order valence-corrected chi connectivity index (χ1v) is 9.67.